The number of carbonyl (C=O) groups is 1. The van der Waals surface area contributed by atoms with Crippen molar-refractivity contribution in [3.63, 3.8) is 0 Å². The van der Waals surface area contributed by atoms with Crippen molar-refractivity contribution in [3.8, 4) is 22.1 Å². The molecule has 1 unspecified atom stereocenters. The van der Waals surface area contributed by atoms with Crippen LogP contribution in [0.4, 0.5) is 5.13 Å². The lowest BCUT2D eigenvalue weighted by Crippen LogP contribution is -2.27. The highest BCUT2D eigenvalue weighted by Gasteiger charge is 2.27. The third-order valence-electron chi connectivity index (χ3n) is 3.40. The molecule has 8 nitrogen and oxygen atoms in total. The van der Waals surface area contributed by atoms with Crippen molar-refractivity contribution in [1.82, 2.24) is 10.2 Å². The van der Waals surface area contributed by atoms with Gasteiger partial charge in [-0.3, -0.25) is 10.1 Å². The molecule has 9 heteroatoms. The quantitative estimate of drug-likeness (QED) is 0.891. The summed E-state index contributed by atoms with van der Waals surface area (Å²) in [6, 6.07) is 5.49. The molecule has 2 aromatic rings. The monoisotopic (exact) mass is 348 g/mol. The lowest BCUT2D eigenvalue weighted by atomic mass is 10.2. The summed E-state index contributed by atoms with van der Waals surface area (Å²) in [5.41, 5.74) is 1.53. The van der Waals surface area contributed by atoms with Crippen LogP contribution in [0.2, 0.25) is 0 Å². The zero-order valence-corrected chi connectivity index (χ0v) is 14.2. The molecule has 0 aliphatic carbocycles. The Labute approximate surface area is 142 Å². The fourth-order valence-corrected chi connectivity index (χ4v) is 3.03. The molecule has 1 amide bonds. The van der Waals surface area contributed by atoms with Crippen molar-refractivity contribution in [1.29, 1.82) is 0 Å². The Bertz CT molecular complexity index is 790. The van der Waals surface area contributed by atoms with Crippen LogP contribution in [0.5, 0.6) is 11.5 Å². The first-order valence-corrected chi connectivity index (χ1v) is 7.99. The molecular weight excluding hydrogens is 332 g/mol. The standard InChI is InChI=1S/C15H16N4O4S/c1-8-7-11(23-19-8)13(20)16-15-18-17-14(24-15)9-5-4-6-10(21-2)12(9)22-3/h4-6,11H,7H2,1-3H3,(H,16,18,20). The number of anilines is 1. The first-order chi connectivity index (χ1) is 11.6. The third-order valence-corrected chi connectivity index (χ3v) is 4.27. The summed E-state index contributed by atoms with van der Waals surface area (Å²) >= 11 is 1.24. The third kappa shape index (κ3) is 3.16. The van der Waals surface area contributed by atoms with Gasteiger partial charge in [0.2, 0.25) is 11.2 Å². The Kier molecular flexibility index (Phi) is 4.61. The maximum Gasteiger partial charge on any atom is 0.270 e. The smallest absolute Gasteiger partial charge is 0.270 e. The fourth-order valence-electron chi connectivity index (χ4n) is 2.26. The highest BCUT2D eigenvalue weighted by molar-refractivity contribution is 7.18. The topological polar surface area (TPSA) is 94.9 Å². The average Bonchev–Trinajstić information content (AvgIpc) is 3.23. The highest BCUT2D eigenvalue weighted by atomic mass is 32.1. The molecule has 0 saturated carbocycles. The van der Waals surface area contributed by atoms with Gasteiger partial charge >= 0.3 is 0 Å². The number of amides is 1. The highest BCUT2D eigenvalue weighted by Crippen LogP contribution is 2.39. The number of oxime groups is 1. The molecule has 0 saturated heterocycles. The van der Waals surface area contributed by atoms with E-state index < -0.39 is 6.10 Å². The van der Waals surface area contributed by atoms with E-state index in [0.29, 0.717) is 28.1 Å². The second kappa shape index (κ2) is 6.83. The van der Waals surface area contributed by atoms with E-state index in [1.807, 2.05) is 19.1 Å². The van der Waals surface area contributed by atoms with E-state index in [4.69, 9.17) is 14.3 Å². The summed E-state index contributed by atoms with van der Waals surface area (Å²) in [6.07, 6.45) is -0.148. The number of hydrogen-bond acceptors (Lipinski definition) is 8. The Hall–Kier alpha value is -2.68. The number of nitrogens with zero attached hydrogens (tertiary/aromatic N) is 3. The Morgan fingerprint density at radius 3 is 2.83 bits per heavy atom. The summed E-state index contributed by atoms with van der Waals surface area (Å²) in [7, 11) is 3.13. The molecule has 1 aliphatic rings. The predicted molar refractivity (Wildman–Crippen MR) is 89.7 cm³/mol. The van der Waals surface area contributed by atoms with Crippen LogP contribution in [-0.4, -0.2) is 42.1 Å². The summed E-state index contributed by atoms with van der Waals surface area (Å²) in [5, 5.41) is 15.6. The number of para-hydroxylation sites is 1. The minimum absolute atomic E-state index is 0.295. The van der Waals surface area contributed by atoms with Crippen molar-refractivity contribution in [3.05, 3.63) is 18.2 Å². The molecule has 0 spiro atoms. The first kappa shape index (κ1) is 16.2. The van der Waals surface area contributed by atoms with E-state index in [-0.39, 0.29) is 5.91 Å². The van der Waals surface area contributed by atoms with E-state index in [9.17, 15) is 4.79 Å². The molecule has 3 rings (SSSR count). The normalized spacial score (nSPS) is 16.3. The molecular formula is C15H16N4O4S. The number of nitrogens with one attached hydrogen (secondary N) is 1. The Morgan fingerprint density at radius 1 is 1.33 bits per heavy atom. The van der Waals surface area contributed by atoms with Crippen molar-refractivity contribution in [2.75, 3.05) is 19.5 Å². The van der Waals surface area contributed by atoms with E-state index >= 15 is 0 Å². The largest absolute Gasteiger partial charge is 0.493 e. The number of methoxy groups -OCH3 is 2. The Balaban J connectivity index is 1.78. The van der Waals surface area contributed by atoms with Gasteiger partial charge in [0, 0.05) is 6.42 Å². The second-order valence-electron chi connectivity index (χ2n) is 5.07. The van der Waals surface area contributed by atoms with Crippen LogP contribution in [0.1, 0.15) is 13.3 Å². The second-order valence-corrected chi connectivity index (χ2v) is 6.04. The van der Waals surface area contributed by atoms with Crippen LogP contribution >= 0.6 is 11.3 Å². The minimum Gasteiger partial charge on any atom is -0.493 e. The minimum atomic E-state index is -0.622. The fraction of sp³-hybridized carbons (Fsp3) is 0.333. The first-order valence-electron chi connectivity index (χ1n) is 7.17. The molecule has 2 heterocycles. The molecule has 1 aliphatic heterocycles. The number of aromatic nitrogens is 2. The van der Waals surface area contributed by atoms with Crippen LogP contribution in [0.15, 0.2) is 23.4 Å². The molecule has 0 fully saturated rings. The van der Waals surface area contributed by atoms with E-state index in [1.165, 1.54) is 11.3 Å². The maximum absolute atomic E-state index is 12.1. The van der Waals surface area contributed by atoms with Gasteiger partial charge in [0.1, 0.15) is 0 Å². The van der Waals surface area contributed by atoms with Crippen LogP contribution in [0.25, 0.3) is 10.6 Å². The molecule has 0 radical (unpaired) electrons. The molecule has 126 valence electrons. The molecule has 0 bridgehead atoms. The molecule has 1 aromatic heterocycles. The van der Waals surface area contributed by atoms with Gasteiger partial charge in [-0.2, -0.15) is 0 Å². The molecule has 1 aromatic carbocycles. The van der Waals surface area contributed by atoms with Crippen molar-refractivity contribution in [2.45, 2.75) is 19.4 Å². The number of rotatable bonds is 5. The van der Waals surface area contributed by atoms with Gasteiger partial charge in [-0.05, 0) is 19.1 Å². The average molecular weight is 348 g/mol. The van der Waals surface area contributed by atoms with E-state index in [0.717, 1.165) is 11.3 Å². The van der Waals surface area contributed by atoms with Gasteiger partial charge in [-0.25, -0.2) is 0 Å². The van der Waals surface area contributed by atoms with Gasteiger partial charge in [-0.1, -0.05) is 22.6 Å². The molecule has 24 heavy (non-hydrogen) atoms. The summed E-state index contributed by atoms with van der Waals surface area (Å²) in [5.74, 6) is 0.871. The summed E-state index contributed by atoms with van der Waals surface area (Å²) in [6.45, 7) is 1.81. The van der Waals surface area contributed by atoms with Crippen molar-refractivity contribution in [2.24, 2.45) is 5.16 Å². The van der Waals surface area contributed by atoms with E-state index in [1.54, 1.807) is 20.3 Å². The van der Waals surface area contributed by atoms with Crippen LogP contribution in [0, 0.1) is 0 Å². The Morgan fingerprint density at radius 2 is 2.17 bits per heavy atom. The SMILES string of the molecule is COc1cccc(-c2nnc(NC(=O)C3CC(C)=NO3)s2)c1OC. The molecule has 1 atom stereocenters. The van der Waals surface area contributed by atoms with Crippen molar-refractivity contribution >= 4 is 28.1 Å². The van der Waals surface area contributed by atoms with Gasteiger partial charge in [-0.15, -0.1) is 10.2 Å². The lowest BCUT2D eigenvalue weighted by molar-refractivity contribution is -0.125. The zero-order valence-electron chi connectivity index (χ0n) is 13.4. The van der Waals surface area contributed by atoms with Crippen LogP contribution in [-0.2, 0) is 9.63 Å². The van der Waals surface area contributed by atoms with Crippen molar-refractivity contribution < 1.29 is 19.1 Å². The number of carbonyl (C=O) groups excluding carboxylic acids is 1. The zero-order chi connectivity index (χ0) is 17.1. The maximum atomic E-state index is 12.1. The van der Waals surface area contributed by atoms with Gasteiger partial charge in [0.05, 0.1) is 25.5 Å². The number of ether oxygens (including phenoxy) is 2. The van der Waals surface area contributed by atoms with Crippen LogP contribution in [0.3, 0.4) is 0 Å². The van der Waals surface area contributed by atoms with E-state index in [2.05, 4.69) is 20.7 Å². The van der Waals surface area contributed by atoms with Crippen LogP contribution < -0.4 is 14.8 Å². The lowest BCUT2D eigenvalue weighted by Gasteiger charge is -2.10. The van der Waals surface area contributed by atoms with Gasteiger partial charge in [0.15, 0.2) is 16.5 Å². The molecule has 1 N–H and O–H groups in total. The predicted octanol–water partition coefficient (Wildman–Crippen LogP) is 2.33. The number of hydrogen-bond donors (Lipinski definition) is 1. The summed E-state index contributed by atoms with van der Waals surface area (Å²) < 4.78 is 10.7. The van der Waals surface area contributed by atoms with Gasteiger partial charge in [0.25, 0.3) is 5.91 Å². The summed E-state index contributed by atoms with van der Waals surface area (Å²) in [4.78, 5) is 17.2. The number of benzene rings is 1. The van der Waals surface area contributed by atoms with Gasteiger partial charge < -0.3 is 14.3 Å².